The normalized spacial score (nSPS) is 10.5. The zero-order valence-electron chi connectivity index (χ0n) is 5.99. The van der Waals surface area contributed by atoms with E-state index in [0.717, 1.165) is 12.2 Å². The van der Waals surface area contributed by atoms with Crippen molar-refractivity contribution in [2.24, 2.45) is 0 Å². The lowest BCUT2D eigenvalue weighted by Crippen LogP contribution is -1.89. The predicted molar refractivity (Wildman–Crippen MR) is 40.6 cm³/mol. The van der Waals surface area contributed by atoms with Crippen molar-refractivity contribution in [2.45, 2.75) is 13.3 Å². The molecule has 0 spiro atoms. The summed E-state index contributed by atoms with van der Waals surface area (Å²) in [6, 6.07) is 1.82. The minimum absolute atomic E-state index is 0.831. The largest absolute Gasteiger partial charge is 0.241 e. The summed E-state index contributed by atoms with van der Waals surface area (Å²) in [5.74, 6) is 0.876. The van der Waals surface area contributed by atoms with Crippen LogP contribution in [-0.4, -0.2) is 9.97 Å². The molecule has 0 fully saturated rings. The maximum absolute atomic E-state index is 4.05. The van der Waals surface area contributed by atoms with Gasteiger partial charge in [-0.2, -0.15) is 0 Å². The summed E-state index contributed by atoms with van der Waals surface area (Å²) in [4.78, 5) is 8.11. The molecule has 2 heteroatoms. The van der Waals surface area contributed by atoms with Gasteiger partial charge in [0.25, 0.3) is 0 Å². The van der Waals surface area contributed by atoms with Gasteiger partial charge in [-0.3, -0.25) is 0 Å². The van der Waals surface area contributed by atoms with Gasteiger partial charge in [-0.25, -0.2) is 9.97 Å². The summed E-state index contributed by atoms with van der Waals surface area (Å²) in [5, 5.41) is 0. The van der Waals surface area contributed by atoms with E-state index < -0.39 is 0 Å². The standard InChI is InChI=1S/C8H10N2/c1-2-3-5-8-9-6-4-7-10-8/h2-4,6-7H,5H2,1H3/b3-2+. The fourth-order valence-electron chi connectivity index (χ4n) is 0.659. The van der Waals surface area contributed by atoms with Gasteiger partial charge < -0.3 is 0 Å². The summed E-state index contributed by atoms with van der Waals surface area (Å²) < 4.78 is 0. The number of hydrogen-bond donors (Lipinski definition) is 0. The highest BCUT2D eigenvalue weighted by Crippen LogP contribution is 1.89. The number of aromatic nitrogens is 2. The van der Waals surface area contributed by atoms with E-state index in [4.69, 9.17) is 0 Å². The van der Waals surface area contributed by atoms with Crippen molar-refractivity contribution in [1.29, 1.82) is 0 Å². The van der Waals surface area contributed by atoms with E-state index in [1.807, 2.05) is 25.1 Å². The van der Waals surface area contributed by atoms with Crippen LogP contribution in [0.25, 0.3) is 0 Å². The molecule has 0 aliphatic carbocycles. The third kappa shape index (κ3) is 1.97. The fraction of sp³-hybridized carbons (Fsp3) is 0.250. The van der Waals surface area contributed by atoms with Gasteiger partial charge in [0, 0.05) is 18.8 Å². The van der Waals surface area contributed by atoms with Crippen LogP contribution >= 0.6 is 0 Å². The number of allylic oxidation sites excluding steroid dienone is 2. The van der Waals surface area contributed by atoms with Crippen LogP contribution in [0.4, 0.5) is 0 Å². The van der Waals surface area contributed by atoms with Crippen molar-refractivity contribution in [3.63, 3.8) is 0 Å². The maximum Gasteiger partial charge on any atom is 0.131 e. The van der Waals surface area contributed by atoms with Gasteiger partial charge in [-0.15, -0.1) is 0 Å². The SMILES string of the molecule is C/C=C/Cc1ncccn1. The van der Waals surface area contributed by atoms with Crippen LogP contribution in [-0.2, 0) is 6.42 Å². The van der Waals surface area contributed by atoms with Gasteiger partial charge in [-0.05, 0) is 13.0 Å². The van der Waals surface area contributed by atoms with E-state index in [0.29, 0.717) is 0 Å². The monoisotopic (exact) mass is 134 g/mol. The first-order valence-electron chi connectivity index (χ1n) is 3.30. The van der Waals surface area contributed by atoms with Crippen LogP contribution in [0.3, 0.4) is 0 Å². The molecule has 10 heavy (non-hydrogen) atoms. The van der Waals surface area contributed by atoms with Crippen LogP contribution in [0.2, 0.25) is 0 Å². The summed E-state index contributed by atoms with van der Waals surface area (Å²) >= 11 is 0. The molecule has 0 aromatic carbocycles. The van der Waals surface area contributed by atoms with Crippen molar-refractivity contribution in [2.75, 3.05) is 0 Å². The Hall–Kier alpha value is -1.18. The lowest BCUT2D eigenvalue weighted by Gasteiger charge is -1.89. The third-order valence-corrected chi connectivity index (χ3v) is 1.16. The second-order valence-corrected chi connectivity index (χ2v) is 1.94. The molecule has 1 aromatic heterocycles. The minimum Gasteiger partial charge on any atom is -0.241 e. The van der Waals surface area contributed by atoms with Gasteiger partial charge in [0.15, 0.2) is 0 Å². The Morgan fingerprint density at radius 1 is 1.40 bits per heavy atom. The first kappa shape index (κ1) is 6.93. The molecule has 0 amide bonds. The molecule has 0 aliphatic heterocycles. The highest BCUT2D eigenvalue weighted by Gasteiger charge is 1.86. The molecule has 1 heterocycles. The molecular weight excluding hydrogens is 124 g/mol. The lowest BCUT2D eigenvalue weighted by atomic mass is 10.3. The van der Waals surface area contributed by atoms with Gasteiger partial charge >= 0.3 is 0 Å². The first-order valence-corrected chi connectivity index (χ1v) is 3.30. The molecule has 0 atom stereocenters. The molecule has 1 rings (SSSR count). The van der Waals surface area contributed by atoms with E-state index in [9.17, 15) is 0 Å². The van der Waals surface area contributed by atoms with Crippen molar-refractivity contribution < 1.29 is 0 Å². The van der Waals surface area contributed by atoms with E-state index in [1.54, 1.807) is 12.4 Å². The smallest absolute Gasteiger partial charge is 0.131 e. The van der Waals surface area contributed by atoms with Crippen molar-refractivity contribution in [3.05, 3.63) is 36.4 Å². The Labute approximate surface area is 60.6 Å². The average Bonchev–Trinajstić information content (AvgIpc) is 2.03. The van der Waals surface area contributed by atoms with E-state index >= 15 is 0 Å². The van der Waals surface area contributed by atoms with Gasteiger partial charge in [0.2, 0.25) is 0 Å². The Bertz CT molecular complexity index is 204. The zero-order chi connectivity index (χ0) is 7.23. The second-order valence-electron chi connectivity index (χ2n) is 1.94. The van der Waals surface area contributed by atoms with Crippen molar-refractivity contribution in [1.82, 2.24) is 9.97 Å². The second kappa shape index (κ2) is 3.77. The van der Waals surface area contributed by atoms with Gasteiger partial charge in [0.1, 0.15) is 5.82 Å². The van der Waals surface area contributed by atoms with Crippen molar-refractivity contribution in [3.8, 4) is 0 Å². The van der Waals surface area contributed by atoms with Crippen LogP contribution in [0.1, 0.15) is 12.7 Å². The predicted octanol–water partition coefficient (Wildman–Crippen LogP) is 1.60. The third-order valence-electron chi connectivity index (χ3n) is 1.16. The highest BCUT2D eigenvalue weighted by molar-refractivity contribution is 4.95. The Balaban J connectivity index is 2.59. The summed E-state index contributed by atoms with van der Waals surface area (Å²) in [5.41, 5.74) is 0. The molecule has 0 saturated carbocycles. The molecule has 0 unspecified atom stereocenters. The molecule has 0 bridgehead atoms. The van der Waals surface area contributed by atoms with Gasteiger partial charge in [0.05, 0.1) is 0 Å². The molecule has 2 nitrogen and oxygen atoms in total. The quantitative estimate of drug-likeness (QED) is 0.574. The van der Waals surface area contributed by atoms with E-state index in [2.05, 4.69) is 9.97 Å². The molecule has 0 N–H and O–H groups in total. The summed E-state index contributed by atoms with van der Waals surface area (Å²) in [7, 11) is 0. The van der Waals surface area contributed by atoms with Crippen LogP contribution in [0.15, 0.2) is 30.6 Å². The number of hydrogen-bond acceptors (Lipinski definition) is 2. The van der Waals surface area contributed by atoms with Crippen LogP contribution in [0.5, 0.6) is 0 Å². The Morgan fingerprint density at radius 2 is 2.10 bits per heavy atom. The first-order chi connectivity index (χ1) is 4.93. The minimum atomic E-state index is 0.831. The van der Waals surface area contributed by atoms with E-state index in [1.165, 1.54) is 0 Å². The van der Waals surface area contributed by atoms with Crippen LogP contribution in [0, 0.1) is 0 Å². The molecular formula is C8H10N2. The molecule has 52 valence electrons. The molecule has 0 aliphatic rings. The lowest BCUT2D eigenvalue weighted by molar-refractivity contribution is 0.988. The fourth-order valence-corrected chi connectivity index (χ4v) is 0.659. The van der Waals surface area contributed by atoms with Crippen LogP contribution < -0.4 is 0 Å². The number of nitrogens with zero attached hydrogens (tertiary/aromatic N) is 2. The van der Waals surface area contributed by atoms with E-state index in [-0.39, 0.29) is 0 Å². The number of rotatable bonds is 2. The molecule has 1 aromatic rings. The molecule has 0 saturated heterocycles. The summed E-state index contributed by atoms with van der Waals surface area (Å²) in [6.07, 6.45) is 8.38. The molecule has 0 radical (unpaired) electrons. The highest BCUT2D eigenvalue weighted by atomic mass is 14.8. The average molecular weight is 134 g/mol. The topological polar surface area (TPSA) is 25.8 Å². The zero-order valence-corrected chi connectivity index (χ0v) is 5.99. The Morgan fingerprint density at radius 3 is 2.70 bits per heavy atom. The van der Waals surface area contributed by atoms with Crippen molar-refractivity contribution >= 4 is 0 Å². The Kier molecular flexibility index (Phi) is 2.62. The maximum atomic E-state index is 4.05. The summed E-state index contributed by atoms with van der Waals surface area (Å²) in [6.45, 7) is 1.99. The van der Waals surface area contributed by atoms with Gasteiger partial charge in [-0.1, -0.05) is 12.2 Å².